The van der Waals surface area contributed by atoms with Gasteiger partial charge in [-0.1, -0.05) is 0 Å². The summed E-state index contributed by atoms with van der Waals surface area (Å²) >= 11 is 0. The zero-order valence-electron chi connectivity index (χ0n) is 12.9. The van der Waals surface area contributed by atoms with Gasteiger partial charge >= 0.3 is 0 Å². The van der Waals surface area contributed by atoms with Crippen molar-refractivity contribution >= 4 is 5.91 Å². The standard InChI is InChI=1S/C17H20N2O4/c20-17(16-4-2-10-23-16)19-8-5-14(6-9-19)21-11-12-22-15-3-1-7-18-13-15/h1-4,7,10,13-14H,5-6,8-9,11-12H2. The van der Waals surface area contributed by atoms with Crippen LogP contribution in [-0.4, -0.2) is 48.2 Å². The van der Waals surface area contributed by atoms with Crippen LogP contribution in [0.2, 0.25) is 0 Å². The van der Waals surface area contributed by atoms with Crippen LogP contribution in [0.15, 0.2) is 47.3 Å². The van der Waals surface area contributed by atoms with E-state index in [0.29, 0.717) is 32.1 Å². The molecule has 3 heterocycles. The summed E-state index contributed by atoms with van der Waals surface area (Å²) in [5, 5.41) is 0. The second-order valence-electron chi connectivity index (χ2n) is 5.38. The Kier molecular flexibility index (Phi) is 5.26. The number of amides is 1. The first-order valence-electron chi connectivity index (χ1n) is 7.80. The minimum absolute atomic E-state index is 0.0478. The molecule has 0 radical (unpaired) electrons. The Hall–Kier alpha value is -2.34. The molecule has 0 aromatic carbocycles. The Morgan fingerprint density at radius 2 is 2.13 bits per heavy atom. The minimum Gasteiger partial charge on any atom is -0.490 e. The van der Waals surface area contributed by atoms with Crippen molar-refractivity contribution < 1.29 is 18.7 Å². The molecule has 2 aromatic heterocycles. The fourth-order valence-corrected chi connectivity index (χ4v) is 2.59. The lowest BCUT2D eigenvalue weighted by atomic mass is 10.1. The summed E-state index contributed by atoms with van der Waals surface area (Å²) in [6, 6.07) is 7.12. The molecule has 0 aliphatic carbocycles. The van der Waals surface area contributed by atoms with Crippen LogP contribution in [0.3, 0.4) is 0 Å². The number of pyridine rings is 1. The SMILES string of the molecule is O=C(c1ccco1)N1CCC(OCCOc2cccnc2)CC1. The van der Waals surface area contributed by atoms with E-state index in [9.17, 15) is 4.79 Å². The zero-order chi connectivity index (χ0) is 15.9. The molecular weight excluding hydrogens is 296 g/mol. The number of piperidine rings is 1. The lowest BCUT2D eigenvalue weighted by Crippen LogP contribution is -2.41. The Balaban J connectivity index is 1.34. The highest BCUT2D eigenvalue weighted by Gasteiger charge is 2.25. The van der Waals surface area contributed by atoms with Gasteiger partial charge in [-0.2, -0.15) is 0 Å². The van der Waals surface area contributed by atoms with E-state index >= 15 is 0 Å². The van der Waals surface area contributed by atoms with Crippen molar-refractivity contribution in [2.75, 3.05) is 26.3 Å². The fourth-order valence-electron chi connectivity index (χ4n) is 2.59. The molecule has 0 bridgehead atoms. The van der Waals surface area contributed by atoms with E-state index in [1.165, 1.54) is 6.26 Å². The Bertz CT molecular complexity index is 592. The average Bonchev–Trinajstić information content (AvgIpc) is 3.14. The van der Waals surface area contributed by atoms with E-state index in [-0.39, 0.29) is 12.0 Å². The quantitative estimate of drug-likeness (QED) is 0.766. The van der Waals surface area contributed by atoms with Crippen molar-refractivity contribution in [3.05, 3.63) is 48.7 Å². The maximum atomic E-state index is 12.2. The maximum Gasteiger partial charge on any atom is 0.289 e. The predicted octanol–water partition coefficient (Wildman–Crippen LogP) is 2.37. The van der Waals surface area contributed by atoms with Crippen LogP contribution in [-0.2, 0) is 4.74 Å². The molecule has 0 spiro atoms. The lowest BCUT2D eigenvalue weighted by Gasteiger charge is -2.31. The predicted molar refractivity (Wildman–Crippen MR) is 83.3 cm³/mol. The summed E-state index contributed by atoms with van der Waals surface area (Å²) in [4.78, 5) is 17.9. The lowest BCUT2D eigenvalue weighted by molar-refractivity contribution is -0.00300. The molecule has 6 nitrogen and oxygen atoms in total. The van der Waals surface area contributed by atoms with Crippen LogP contribution in [0.4, 0.5) is 0 Å². The number of ether oxygens (including phenoxy) is 2. The highest BCUT2D eigenvalue weighted by molar-refractivity contribution is 5.91. The third kappa shape index (κ3) is 4.32. The normalized spacial score (nSPS) is 15.6. The number of carbonyl (C=O) groups excluding carboxylic acids is 1. The van der Waals surface area contributed by atoms with E-state index < -0.39 is 0 Å². The van der Waals surface area contributed by atoms with Crippen molar-refractivity contribution in [1.29, 1.82) is 0 Å². The summed E-state index contributed by atoms with van der Waals surface area (Å²) < 4.78 is 16.5. The maximum absolute atomic E-state index is 12.2. The second kappa shape index (κ2) is 7.78. The van der Waals surface area contributed by atoms with Crippen LogP contribution < -0.4 is 4.74 Å². The zero-order valence-corrected chi connectivity index (χ0v) is 12.9. The number of carbonyl (C=O) groups is 1. The van der Waals surface area contributed by atoms with Crippen molar-refractivity contribution in [2.45, 2.75) is 18.9 Å². The summed E-state index contributed by atoms with van der Waals surface area (Å²) in [5.41, 5.74) is 0. The summed E-state index contributed by atoms with van der Waals surface area (Å²) in [7, 11) is 0. The van der Waals surface area contributed by atoms with Gasteiger partial charge < -0.3 is 18.8 Å². The first-order chi connectivity index (χ1) is 11.3. The molecule has 23 heavy (non-hydrogen) atoms. The molecule has 0 N–H and O–H groups in total. The number of rotatable bonds is 6. The molecule has 1 fully saturated rings. The number of hydrogen-bond donors (Lipinski definition) is 0. The third-order valence-electron chi connectivity index (χ3n) is 3.80. The fraction of sp³-hybridized carbons (Fsp3) is 0.412. The van der Waals surface area contributed by atoms with Crippen LogP contribution in [0.25, 0.3) is 0 Å². The molecule has 2 aromatic rings. The Labute approximate surface area is 135 Å². The van der Waals surface area contributed by atoms with Crippen LogP contribution in [0.1, 0.15) is 23.4 Å². The van der Waals surface area contributed by atoms with Crippen LogP contribution >= 0.6 is 0 Å². The van der Waals surface area contributed by atoms with E-state index in [1.54, 1.807) is 24.5 Å². The van der Waals surface area contributed by atoms with Gasteiger partial charge in [0.15, 0.2) is 5.76 Å². The molecule has 6 heteroatoms. The van der Waals surface area contributed by atoms with Gasteiger partial charge in [0.1, 0.15) is 12.4 Å². The molecule has 1 saturated heterocycles. The molecule has 3 rings (SSSR count). The van der Waals surface area contributed by atoms with Crippen molar-refractivity contribution in [1.82, 2.24) is 9.88 Å². The Morgan fingerprint density at radius 3 is 2.83 bits per heavy atom. The highest BCUT2D eigenvalue weighted by Crippen LogP contribution is 2.16. The van der Waals surface area contributed by atoms with Gasteiger partial charge in [0.05, 0.1) is 25.2 Å². The van der Waals surface area contributed by atoms with Crippen molar-refractivity contribution in [2.24, 2.45) is 0 Å². The molecule has 0 unspecified atom stereocenters. The number of hydrogen-bond acceptors (Lipinski definition) is 5. The van der Waals surface area contributed by atoms with Gasteiger partial charge in [0.25, 0.3) is 5.91 Å². The van der Waals surface area contributed by atoms with E-state index in [4.69, 9.17) is 13.9 Å². The summed E-state index contributed by atoms with van der Waals surface area (Å²) in [5.74, 6) is 1.09. The molecule has 1 aliphatic rings. The largest absolute Gasteiger partial charge is 0.490 e. The minimum atomic E-state index is -0.0478. The summed E-state index contributed by atoms with van der Waals surface area (Å²) in [6.45, 7) is 2.41. The van der Waals surface area contributed by atoms with Gasteiger partial charge in [0.2, 0.25) is 0 Å². The first-order valence-corrected chi connectivity index (χ1v) is 7.80. The topological polar surface area (TPSA) is 64.8 Å². The number of likely N-dealkylation sites (tertiary alicyclic amines) is 1. The molecule has 1 amide bonds. The van der Waals surface area contributed by atoms with E-state index in [2.05, 4.69) is 4.98 Å². The van der Waals surface area contributed by atoms with Crippen LogP contribution in [0.5, 0.6) is 5.75 Å². The van der Waals surface area contributed by atoms with Crippen molar-refractivity contribution in [3.8, 4) is 5.75 Å². The number of furan rings is 1. The number of aromatic nitrogens is 1. The van der Waals surface area contributed by atoms with Gasteiger partial charge in [-0.3, -0.25) is 9.78 Å². The smallest absolute Gasteiger partial charge is 0.289 e. The Morgan fingerprint density at radius 1 is 1.26 bits per heavy atom. The monoisotopic (exact) mass is 316 g/mol. The molecule has 0 saturated carbocycles. The first kappa shape index (κ1) is 15.6. The van der Waals surface area contributed by atoms with E-state index in [0.717, 1.165) is 18.6 Å². The molecular formula is C17H20N2O4. The molecule has 122 valence electrons. The number of nitrogens with zero attached hydrogens (tertiary/aromatic N) is 2. The van der Waals surface area contributed by atoms with Gasteiger partial charge in [-0.25, -0.2) is 0 Å². The molecule has 0 atom stereocenters. The highest BCUT2D eigenvalue weighted by atomic mass is 16.5. The molecule has 1 aliphatic heterocycles. The average molecular weight is 316 g/mol. The third-order valence-corrected chi connectivity index (χ3v) is 3.80. The van der Waals surface area contributed by atoms with Crippen molar-refractivity contribution in [3.63, 3.8) is 0 Å². The van der Waals surface area contributed by atoms with Gasteiger partial charge in [-0.15, -0.1) is 0 Å². The van der Waals surface area contributed by atoms with Gasteiger partial charge in [-0.05, 0) is 37.1 Å². The van der Waals surface area contributed by atoms with Gasteiger partial charge in [0, 0.05) is 19.3 Å². The van der Waals surface area contributed by atoms with E-state index in [1.807, 2.05) is 17.0 Å². The second-order valence-corrected chi connectivity index (χ2v) is 5.38. The van der Waals surface area contributed by atoms with Crippen LogP contribution in [0, 0.1) is 0 Å². The summed E-state index contributed by atoms with van der Waals surface area (Å²) in [6.07, 6.45) is 6.75.